The molecule has 0 saturated carbocycles. The van der Waals surface area contributed by atoms with Gasteiger partial charge in [-0.1, -0.05) is 0 Å². The molecule has 0 saturated heterocycles. The van der Waals surface area contributed by atoms with Crippen molar-refractivity contribution in [1.82, 2.24) is 24.6 Å². The molecular weight excluding hydrogens is 323 g/mol. The monoisotopic (exact) mass is 341 g/mol. The summed E-state index contributed by atoms with van der Waals surface area (Å²) in [5, 5.41) is 4.28. The van der Waals surface area contributed by atoms with Gasteiger partial charge in [0.05, 0.1) is 17.5 Å². The van der Waals surface area contributed by atoms with E-state index in [1.807, 2.05) is 28.4 Å². The number of nitrogens with one attached hydrogen (secondary N) is 1. The van der Waals surface area contributed by atoms with E-state index in [4.69, 9.17) is 0 Å². The van der Waals surface area contributed by atoms with Crippen LogP contribution in [0.15, 0.2) is 11.0 Å². The van der Waals surface area contributed by atoms with Crippen LogP contribution in [0, 0.1) is 6.92 Å². The smallest absolute Gasteiger partial charge is 0.303 e. The molecule has 6 nitrogen and oxygen atoms in total. The van der Waals surface area contributed by atoms with Crippen LogP contribution < -0.4 is 5.56 Å². The molecule has 2 aromatic rings. The lowest BCUT2D eigenvalue weighted by Crippen LogP contribution is -2.36. The maximum absolute atomic E-state index is 12.7. The molecule has 130 valence electrons. The van der Waals surface area contributed by atoms with Gasteiger partial charge in [0, 0.05) is 43.9 Å². The largest absolute Gasteiger partial charge is 0.449 e. The van der Waals surface area contributed by atoms with Crippen LogP contribution in [0.4, 0.5) is 13.2 Å². The number of H-pyrrole nitrogens is 1. The maximum Gasteiger partial charge on any atom is 0.449 e. The minimum Gasteiger partial charge on any atom is -0.303 e. The third kappa shape index (κ3) is 3.08. The highest BCUT2D eigenvalue weighted by molar-refractivity contribution is 5.23. The maximum atomic E-state index is 12.7. The van der Waals surface area contributed by atoms with E-state index >= 15 is 0 Å². The number of halogens is 3. The number of hydrogen-bond acceptors (Lipinski definition) is 4. The van der Waals surface area contributed by atoms with Gasteiger partial charge in [-0.3, -0.25) is 14.4 Å². The molecule has 2 aromatic heterocycles. The summed E-state index contributed by atoms with van der Waals surface area (Å²) in [6, 6.07) is 0. The number of rotatable bonds is 3. The molecule has 1 aliphatic rings. The average Bonchev–Trinajstić information content (AvgIpc) is 2.87. The SMILES string of the molecule is CCn1ncc(CN2CCc3nc(C(F)(F)F)[nH]c(=O)c3C2)c1C. The van der Waals surface area contributed by atoms with Crippen molar-refractivity contribution in [1.29, 1.82) is 0 Å². The highest BCUT2D eigenvalue weighted by Gasteiger charge is 2.36. The van der Waals surface area contributed by atoms with Gasteiger partial charge >= 0.3 is 6.18 Å². The van der Waals surface area contributed by atoms with Crippen LogP contribution in [-0.2, 0) is 32.2 Å². The second-order valence-electron chi connectivity index (χ2n) is 5.87. The summed E-state index contributed by atoms with van der Waals surface area (Å²) in [6.45, 7) is 6.20. The first-order valence-corrected chi connectivity index (χ1v) is 7.72. The molecule has 3 heterocycles. The molecule has 9 heteroatoms. The van der Waals surface area contributed by atoms with Gasteiger partial charge in [0.25, 0.3) is 5.56 Å². The fourth-order valence-corrected chi connectivity index (χ4v) is 2.95. The van der Waals surface area contributed by atoms with E-state index in [1.54, 1.807) is 6.20 Å². The summed E-state index contributed by atoms with van der Waals surface area (Å²) in [7, 11) is 0. The fraction of sp³-hybridized carbons (Fsp3) is 0.533. The van der Waals surface area contributed by atoms with Crippen molar-refractivity contribution >= 4 is 0 Å². The van der Waals surface area contributed by atoms with Crippen molar-refractivity contribution in [3.8, 4) is 0 Å². The van der Waals surface area contributed by atoms with Gasteiger partial charge in [-0.2, -0.15) is 18.3 Å². The van der Waals surface area contributed by atoms with E-state index in [0.717, 1.165) is 17.8 Å². The van der Waals surface area contributed by atoms with Crippen molar-refractivity contribution in [3.63, 3.8) is 0 Å². The predicted molar refractivity (Wildman–Crippen MR) is 80.3 cm³/mol. The Labute approximate surface area is 136 Å². The van der Waals surface area contributed by atoms with Gasteiger partial charge in [0.15, 0.2) is 0 Å². The van der Waals surface area contributed by atoms with Crippen LogP contribution in [0.3, 0.4) is 0 Å². The minimum atomic E-state index is -4.64. The van der Waals surface area contributed by atoms with E-state index < -0.39 is 17.6 Å². The third-order valence-corrected chi connectivity index (χ3v) is 4.31. The van der Waals surface area contributed by atoms with E-state index in [1.165, 1.54) is 0 Å². The Morgan fingerprint density at radius 3 is 2.75 bits per heavy atom. The van der Waals surface area contributed by atoms with E-state index in [-0.39, 0.29) is 12.2 Å². The highest BCUT2D eigenvalue weighted by atomic mass is 19.4. The zero-order chi connectivity index (χ0) is 17.5. The van der Waals surface area contributed by atoms with Crippen LogP contribution >= 0.6 is 0 Å². The Kier molecular flexibility index (Phi) is 4.20. The molecule has 0 atom stereocenters. The molecular formula is C15H18F3N5O. The second kappa shape index (κ2) is 6.04. The van der Waals surface area contributed by atoms with Crippen molar-refractivity contribution in [3.05, 3.63) is 44.9 Å². The first kappa shape index (κ1) is 16.7. The van der Waals surface area contributed by atoms with E-state index in [2.05, 4.69) is 10.1 Å². The van der Waals surface area contributed by atoms with Gasteiger partial charge in [-0.05, 0) is 13.8 Å². The lowest BCUT2D eigenvalue weighted by atomic mass is 10.1. The summed E-state index contributed by atoms with van der Waals surface area (Å²) in [5.41, 5.74) is 1.95. The van der Waals surface area contributed by atoms with Crippen molar-refractivity contribution in [2.24, 2.45) is 0 Å². The van der Waals surface area contributed by atoms with Crippen LogP contribution in [0.1, 0.15) is 35.3 Å². The van der Waals surface area contributed by atoms with Gasteiger partial charge in [-0.25, -0.2) is 4.98 Å². The van der Waals surface area contributed by atoms with Gasteiger partial charge in [-0.15, -0.1) is 0 Å². The average molecular weight is 341 g/mol. The summed E-state index contributed by atoms with van der Waals surface area (Å²) >= 11 is 0. The van der Waals surface area contributed by atoms with Crippen LogP contribution in [-0.4, -0.2) is 31.2 Å². The molecule has 0 aromatic carbocycles. The molecule has 0 spiro atoms. The molecule has 0 unspecified atom stereocenters. The number of fused-ring (bicyclic) bond motifs is 1. The van der Waals surface area contributed by atoms with Gasteiger partial charge in [0.1, 0.15) is 0 Å². The number of aryl methyl sites for hydroxylation is 1. The number of aromatic amines is 1. The Balaban J connectivity index is 1.82. The molecule has 0 amide bonds. The van der Waals surface area contributed by atoms with E-state index in [0.29, 0.717) is 25.1 Å². The Morgan fingerprint density at radius 2 is 2.12 bits per heavy atom. The Bertz CT molecular complexity index is 808. The molecule has 0 aliphatic carbocycles. The molecule has 1 N–H and O–H groups in total. The topological polar surface area (TPSA) is 66.8 Å². The number of alkyl halides is 3. The lowest BCUT2D eigenvalue weighted by Gasteiger charge is -2.27. The summed E-state index contributed by atoms with van der Waals surface area (Å²) < 4.78 is 40.1. The number of hydrogen-bond donors (Lipinski definition) is 1. The quantitative estimate of drug-likeness (QED) is 0.926. The second-order valence-corrected chi connectivity index (χ2v) is 5.87. The first-order valence-electron chi connectivity index (χ1n) is 7.72. The molecule has 0 fully saturated rings. The highest BCUT2D eigenvalue weighted by Crippen LogP contribution is 2.26. The van der Waals surface area contributed by atoms with Crippen molar-refractivity contribution in [2.75, 3.05) is 6.54 Å². The van der Waals surface area contributed by atoms with Crippen LogP contribution in [0.2, 0.25) is 0 Å². The summed E-state index contributed by atoms with van der Waals surface area (Å²) in [6.07, 6.45) is -2.52. The first-order chi connectivity index (χ1) is 11.3. The van der Waals surface area contributed by atoms with E-state index in [9.17, 15) is 18.0 Å². The zero-order valence-corrected chi connectivity index (χ0v) is 13.4. The molecule has 24 heavy (non-hydrogen) atoms. The van der Waals surface area contributed by atoms with Crippen molar-refractivity contribution < 1.29 is 13.2 Å². The standard InChI is InChI=1S/C15H18F3N5O/c1-3-23-9(2)10(6-19-23)7-22-5-4-12-11(8-22)13(24)21-14(20-12)15(16,17)18/h6H,3-5,7-8H2,1-2H3,(H,20,21,24). The van der Waals surface area contributed by atoms with Crippen LogP contribution in [0.5, 0.6) is 0 Å². The number of aromatic nitrogens is 4. The molecule has 0 bridgehead atoms. The van der Waals surface area contributed by atoms with Crippen molar-refractivity contribution in [2.45, 2.75) is 46.1 Å². The molecule has 3 rings (SSSR count). The third-order valence-electron chi connectivity index (χ3n) is 4.31. The summed E-state index contributed by atoms with van der Waals surface area (Å²) in [5.74, 6) is -1.22. The Morgan fingerprint density at radius 1 is 1.38 bits per heavy atom. The summed E-state index contributed by atoms with van der Waals surface area (Å²) in [4.78, 5) is 19.5. The number of nitrogens with zero attached hydrogens (tertiary/aromatic N) is 4. The van der Waals surface area contributed by atoms with Gasteiger partial charge < -0.3 is 4.98 Å². The van der Waals surface area contributed by atoms with Crippen LogP contribution in [0.25, 0.3) is 0 Å². The minimum absolute atomic E-state index is 0.239. The Hall–Kier alpha value is -2.16. The molecule has 0 radical (unpaired) electrons. The molecule has 1 aliphatic heterocycles. The predicted octanol–water partition coefficient (Wildman–Crippen LogP) is 1.87. The zero-order valence-electron chi connectivity index (χ0n) is 13.4. The normalized spacial score (nSPS) is 15.5. The van der Waals surface area contributed by atoms with Gasteiger partial charge in [0.2, 0.25) is 5.82 Å². The lowest BCUT2D eigenvalue weighted by molar-refractivity contribution is -0.145. The fourth-order valence-electron chi connectivity index (χ4n) is 2.95.